The van der Waals surface area contributed by atoms with Crippen LogP contribution in [0.25, 0.3) is 11.0 Å². The third kappa shape index (κ3) is 4.21. The summed E-state index contributed by atoms with van der Waals surface area (Å²) in [6.07, 6.45) is 0. The molecule has 184 valence electrons. The number of carbonyl (C=O) groups excluding carboxylic acids is 1. The third-order valence-corrected chi connectivity index (χ3v) is 6.21. The van der Waals surface area contributed by atoms with E-state index in [1.165, 1.54) is 12.1 Å². The number of nitrogens with zero attached hydrogens (tertiary/aromatic N) is 1. The molecular formula is C29H26FNO5. The number of rotatable bonds is 7. The van der Waals surface area contributed by atoms with E-state index in [9.17, 15) is 14.0 Å². The molecule has 3 aromatic carbocycles. The Morgan fingerprint density at radius 3 is 2.47 bits per heavy atom. The molecule has 0 radical (unpaired) electrons. The smallest absolute Gasteiger partial charge is 0.291 e. The molecular weight excluding hydrogens is 461 g/mol. The van der Waals surface area contributed by atoms with Crippen molar-refractivity contribution in [2.75, 3.05) is 13.7 Å². The van der Waals surface area contributed by atoms with Gasteiger partial charge in [-0.2, -0.15) is 0 Å². The molecule has 6 nitrogen and oxygen atoms in total. The maximum atomic E-state index is 13.6. The van der Waals surface area contributed by atoms with E-state index in [1.807, 2.05) is 6.07 Å². The first-order valence-corrected chi connectivity index (χ1v) is 11.8. The van der Waals surface area contributed by atoms with Gasteiger partial charge in [0.25, 0.3) is 5.91 Å². The van der Waals surface area contributed by atoms with Gasteiger partial charge in [-0.1, -0.05) is 44.2 Å². The first-order chi connectivity index (χ1) is 17.4. The van der Waals surface area contributed by atoms with Gasteiger partial charge in [0.2, 0.25) is 5.76 Å². The van der Waals surface area contributed by atoms with Crippen LogP contribution in [0, 0.1) is 11.7 Å². The Hall–Kier alpha value is -4.13. The molecule has 0 fully saturated rings. The summed E-state index contributed by atoms with van der Waals surface area (Å²) >= 11 is 0. The van der Waals surface area contributed by atoms with Gasteiger partial charge in [-0.25, -0.2) is 4.39 Å². The van der Waals surface area contributed by atoms with Gasteiger partial charge < -0.3 is 18.8 Å². The minimum atomic E-state index is -0.716. The number of hydrogen-bond acceptors (Lipinski definition) is 5. The van der Waals surface area contributed by atoms with E-state index < -0.39 is 11.9 Å². The fraction of sp³-hybridized carbons (Fsp3) is 0.241. The lowest BCUT2D eigenvalue weighted by Gasteiger charge is -2.26. The van der Waals surface area contributed by atoms with Crippen LogP contribution in [-0.2, 0) is 6.54 Å². The van der Waals surface area contributed by atoms with Gasteiger partial charge in [0.15, 0.2) is 16.9 Å². The summed E-state index contributed by atoms with van der Waals surface area (Å²) in [5, 5.41) is 0.404. The lowest BCUT2D eigenvalue weighted by atomic mass is 9.97. The van der Waals surface area contributed by atoms with Gasteiger partial charge in [0.05, 0.1) is 30.7 Å². The van der Waals surface area contributed by atoms with Crippen LogP contribution < -0.4 is 14.9 Å². The van der Waals surface area contributed by atoms with Gasteiger partial charge in [-0.05, 0) is 53.4 Å². The summed E-state index contributed by atoms with van der Waals surface area (Å²) in [6, 6.07) is 17.5. The quantitative estimate of drug-likeness (QED) is 0.333. The van der Waals surface area contributed by atoms with Crippen LogP contribution in [0.5, 0.6) is 11.5 Å². The number of halogens is 1. The molecule has 1 amide bonds. The van der Waals surface area contributed by atoms with E-state index >= 15 is 0 Å². The van der Waals surface area contributed by atoms with Crippen molar-refractivity contribution in [2.24, 2.45) is 5.92 Å². The number of methoxy groups -OCH3 is 1. The van der Waals surface area contributed by atoms with Gasteiger partial charge in [-0.3, -0.25) is 9.59 Å². The lowest BCUT2D eigenvalue weighted by Crippen LogP contribution is -2.29. The standard InChI is InChI=1S/C29H26FNO5/c1-17(2)16-35-23-13-10-19(14-24(23)34-3)26-25-27(32)21-6-4-5-7-22(21)36-28(25)29(33)31(26)15-18-8-11-20(30)12-9-18/h4-14,17,26H,15-16H2,1-3H3. The van der Waals surface area contributed by atoms with Crippen molar-refractivity contribution in [1.82, 2.24) is 4.90 Å². The molecule has 36 heavy (non-hydrogen) atoms. The maximum absolute atomic E-state index is 13.6. The van der Waals surface area contributed by atoms with Crippen molar-refractivity contribution in [3.8, 4) is 11.5 Å². The van der Waals surface area contributed by atoms with Crippen LogP contribution >= 0.6 is 0 Å². The van der Waals surface area contributed by atoms with E-state index in [-0.39, 0.29) is 29.1 Å². The first kappa shape index (κ1) is 23.6. The molecule has 0 aliphatic carbocycles. The number of fused-ring (bicyclic) bond motifs is 2. The Kier molecular flexibility index (Phi) is 6.22. The number of para-hydroxylation sites is 1. The van der Waals surface area contributed by atoms with Crippen LogP contribution in [0.3, 0.4) is 0 Å². The highest BCUT2D eigenvalue weighted by Gasteiger charge is 2.43. The van der Waals surface area contributed by atoms with Gasteiger partial charge in [0, 0.05) is 6.54 Å². The van der Waals surface area contributed by atoms with Crippen molar-refractivity contribution in [1.29, 1.82) is 0 Å². The second-order valence-corrected chi connectivity index (χ2v) is 9.25. The minimum Gasteiger partial charge on any atom is -0.493 e. The predicted molar refractivity (Wildman–Crippen MR) is 134 cm³/mol. The van der Waals surface area contributed by atoms with E-state index in [0.29, 0.717) is 40.6 Å². The van der Waals surface area contributed by atoms with Gasteiger partial charge in [-0.15, -0.1) is 0 Å². The van der Waals surface area contributed by atoms with Gasteiger partial charge >= 0.3 is 0 Å². The molecule has 1 aliphatic heterocycles. The number of carbonyl (C=O) groups is 1. The number of amides is 1. The molecule has 7 heteroatoms. The number of ether oxygens (including phenoxy) is 2. The first-order valence-electron chi connectivity index (χ1n) is 11.8. The molecule has 5 rings (SSSR count). The third-order valence-electron chi connectivity index (χ3n) is 6.21. The molecule has 1 unspecified atom stereocenters. The molecule has 0 saturated carbocycles. The topological polar surface area (TPSA) is 69.0 Å². The highest BCUT2D eigenvalue weighted by Crippen LogP contribution is 2.41. The zero-order valence-electron chi connectivity index (χ0n) is 20.3. The molecule has 4 aromatic rings. The zero-order valence-corrected chi connectivity index (χ0v) is 20.3. The average Bonchev–Trinajstić information content (AvgIpc) is 3.15. The largest absolute Gasteiger partial charge is 0.493 e. The number of hydrogen-bond donors (Lipinski definition) is 0. The van der Waals surface area contributed by atoms with Crippen LogP contribution in [0.15, 0.2) is 75.9 Å². The van der Waals surface area contributed by atoms with Crippen LogP contribution in [0.4, 0.5) is 4.39 Å². The molecule has 0 spiro atoms. The molecule has 0 saturated heterocycles. The summed E-state index contributed by atoms with van der Waals surface area (Å²) in [5.74, 6) is 0.663. The SMILES string of the molecule is COc1cc(C2c3c(oc4ccccc4c3=O)C(=O)N2Cc2ccc(F)cc2)ccc1OCC(C)C. The molecule has 1 aliphatic rings. The highest BCUT2D eigenvalue weighted by molar-refractivity contribution is 5.99. The summed E-state index contributed by atoms with van der Waals surface area (Å²) in [6.45, 7) is 4.79. The van der Waals surface area contributed by atoms with Crippen molar-refractivity contribution in [3.63, 3.8) is 0 Å². The molecule has 2 heterocycles. The average molecular weight is 488 g/mol. The van der Waals surface area contributed by atoms with Crippen molar-refractivity contribution < 1.29 is 23.1 Å². The molecule has 0 N–H and O–H groups in total. The van der Waals surface area contributed by atoms with Gasteiger partial charge in [0.1, 0.15) is 11.4 Å². The molecule has 1 atom stereocenters. The highest BCUT2D eigenvalue weighted by atomic mass is 19.1. The predicted octanol–water partition coefficient (Wildman–Crippen LogP) is 5.72. The Bertz CT molecular complexity index is 1490. The van der Waals surface area contributed by atoms with E-state index in [4.69, 9.17) is 13.9 Å². The normalized spacial score (nSPS) is 15.0. The molecule has 1 aromatic heterocycles. The van der Waals surface area contributed by atoms with Crippen molar-refractivity contribution >= 4 is 16.9 Å². The summed E-state index contributed by atoms with van der Waals surface area (Å²) in [5.41, 5.74) is 1.78. The Morgan fingerprint density at radius 1 is 1.00 bits per heavy atom. The number of benzene rings is 3. The summed E-state index contributed by atoms with van der Waals surface area (Å²) in [7, 11) is 1.55. The maximum Gasteiger partial charge on any atom is 0.291 e. The summed E-state index contributed by atoms with van der Waals surface area (Å²) < 4.78 is 31.0. The minimum absolute atomic E-state index is 0.0184. The Labute approximate surface area is 207 Å². The zero-order chi connectivity index (χ0) is 25.4. The van der Waals surface area contributed by atoms with Crippen LogP contribution in [-0.4, -0.2) is 24.5 Å². The van der Waals surface area contributed by atoms with E-state index in [1.54, 1.807) is 60.5 Å². The van der Waals surface area contributed by atoms with Crippen molar-refractivity contribution in [2.45, 2.75) is 26.4 Å². The Morgan fingerprint density at radius 2 is 1.75 bits per heavy atom. The second-order valence-electron chi connectivity index (χ2n) is 9.25. The monoisotopic (exact) mass is 487 g/mol. The lowest BCUT2D eigenvalue weighted by molar-refractivity contribution is 0.0714. The second kappa shape index (κ2) is 9.49. The van der Waals surface area contributed by atoms with Crippen molar-refractivity contribution in [3.05, 3.63) is 105 Å². The fourth-order valence-corrected chi connectivity index (χ4v) is 4.49. The van der Waals surface area contributed by atoms with Crippen LogP contribution in [0.2, 0.25) is 0 Å². The Balaban J connectivity index is 1.65. The van der Waals surface area contributed by atoms with E-state index in [2.05, 4.69) is 13.8 Å². The summed E-state index contributed by atoms with van der Waals surface area (Å²) in [4.78, 5) is 28.8. The fourth-order valence-electron chi connectivity index (χ4n) is 4.49. The van der Waals surface area contributed by atoms with E-state index in [0.717, 1.165) is 5.56 Å². The molecule has 0 bridgehead atoms. The van der Waals surface area contributed by atoms with Crippen LogP contribution in [0.1, 0.15) is 47.1 Å².